The molecule has 78 valence electrons. The maximum Gasteiger partial charge on any atom is 0.308 e. The number of esters is 1. The first-order valence-corrected chi connectivity index (χ1v) is 5.34. The fraction of sp³-hybridized carbons (Fsp3) is 0.909. The highest BCUT2D eigenvalue weighted by Crippen LogP contribution is 2.16. The van der Waals surface area contributed by atoms with Gasteiger partial charge in [-0.25, -0.2) is 0 Å². The van der Waals surface area contributed by atoms with Gasteiger partial charge in [0.1, 0.15) is 0 Å². The predicted octanol–water partition coefficient (Wildman–Crippen LogP) is 3.16. The van der Waals surface area contributed by atoms with Gasteiger partial charge in [0, 0.05) is 0 Å². The largest absolute Gasteiger partial charge is 0.469 e. The molecule has 0 N–H and O–H groups in total. The lowest BCUT2D eigenvalue weighted by Crippen LogP contribution is -2.15. The van der Waals surface area contributed by atoms with Crippen LogP contribution >= 0.6 is 0 Å². The van der Waals surface area contributed by atoms with Crippen LogP contribution in [-0.4, -0.2) is 13.1 Å². The number of rotatable bonds is 7. The lowest BCUT2D eigenvalue weighted by atomic mass is 9.97. The van der Waals surface area contributed by atoms with Crippen LogP contribution in [0.1, 0.15) is 52.4 Å². The van der Waals surface area contributed by atoms with Crippen molar-refractivity contribution in [2.45, 2.75) is 52.4 Å². The Kier molecular flexibility index (Phi) is 7.76. The van der Waals surface area contributed by atoms with Gasteiger partial charge < -0.3 is 4.74 Å². The Morgan fingerprint density at radius 3 is 2.31 bits per heavy atom. The molecule has 2 heteroatoms. The number of hydrogen-bond donors (Lipinski definition) is 0. The van der Waals surface area contributed by atoms with Gasteiger partial charge in [-0.3, -0.25) is 4.79 Å². The van der Waals surface area contributed by atoms with Crippen molar-refractivity contribution in [2.24, 2.45) is 5.92 Å². The topological polar surface area (TPSA) is 26.3 Å². The van der Waals surface area contributed by atoms with Crippen molar-refractivity contribution >= 4 is 5.97 Å². The number of carbonyl (C=O) groups excluding carboxylic acids is 1. The molecule has 13 heavy (non-hydrogen) atoms. The van der Waals surface area contributed by atoms with E-state index in [1.54, 1.807) is 0 Å². The van der Waals surface area contributed by atoms with E-state index in [0.717, 1.165) is 25.7 Å². The summed E-state index contributed by atoms with van der Waals surface area (Å²) in [5.74, 6) is 0.111. The minimum absolute atomic E-state index is 0.0297. The molecule has 0 saturated heterocycles. The molecule has 0 aromatic heterocycles. The molecule has 0 saturated carbocycles. The van der Waals surface area contributed by atoms with E-state index in [-0.39, 0.29) is 11.9 Å². The van der Waals surface area contributed by atoms with Crippen molar-refractivity contribution in [3.8, 4) is 0 Å². The minimum Gasteiger partial charge on any atom is -0.469 e. The van der Waals surface area contributed by atoms with Crippen molar-refractivity contribution in [1.82, 2.24) is 0 Å². The molecule has 0 heterocycles. The van der Waals surface area contributed by atoms with Gasteiger partial charge in [0.2, 0.25) is 0 Å². The molecule has 0 fully saturated rings. The molecular weight excluding hydrogens is 164 g/mol. The smallest absolute Gasteiger partial charge is 0.308 e. The maximum atomic E-state index is 11.3. The lowest BCUT2D eigenvalue weighted by Gasteiger charge is -2.12. The van der Waals surface area contributed by atoms with Gasteiger partial charge in [-0.15, -0.1) is 0 Å². The highest BCUT2D eigenvalue weighted by Gasteiger charge is 2.16. The van der Waals surface area contributed by atoms with Crippen LogP contribution in [0, 0.1) is 5.92 Å². The number of carbonyl (C=O) groups is 1. The van der Waals surface area contributed by atoms with Gasteiger partial charge >= 0.3 is 5.97 Å². The van der Waals surface area contributed by atoms with E-state index in [9.17, 15) is 4.79 Å². The molecule has 0 aromatic carbocycles. The Bertz CT molecular complexity index is 132. The molecule has 0 amide bonds. The molecule has 0 rings (SSSR count). The predicted molar refractivity (Wildman–Crippen MR) is 54.6 cm³/mol. The van der Waals surface area contributed by atoms with Crippen LogP contribution in [0.2, 0.25) is 0 Å². The highest BCUT2D eigenvalue weighted by molar-refractivity contribution is 5.72. The minimum atomic E-state index is -0.0297. The third kappa shape index (κ3) is 5.67. The van der Waals surface area contributed by atoms with Crippen LogP contribution in [0.3, 0.4) is 0 Å². The summed E-state index contributed by atoms with van der Waals surface area (Å²) >= 11 is 0. The third-order valence-electron chi connectivity index (χ3n) is 2.33. The average Bonchev–Trinajstić information content (AvgIpc) is 2.16. The molecule has 0 aromatic rings. The van der Waals surface area contributed by atoms with Crippen LogP contribution in [-0.2, 0) is 9.53 Å². The van der Waals surface area contributed by atoms with Crippen molar-refractivity contribution in [2.75, 3.05) is 7.11 Å². The molecule has 0 radical (unpaired) electrons. The van der Waals surface area contributed by atoms with E-state index in [1.807, 2.05) is 0 Å². The second-order valence-corrected chi connectivity index (χ2v) is 3.50. The van der Waals surface area contributed by atoms with Crippen molar-refractivity contribution in [3.63, 3.8) is 0 Å². The maximum absolute atomic E-state index is 11.3. The fourth-order valence-corrected chi connectivity index (χ4v) is 1.54. The zero-order valence-electron chi connectivity index (χ0n) is 9.14. The normalized spacial score (nSPS) is 12.5. The number of unbranched alkanes of at least 4 members (excludes halogenated alkanes) is 2. The summed E-state index contributed by atoms with van der Waals surface area (Å²) in [6.07, 6.45) is 6.60. The fourth-order valence-electron chi connectivity index (χ4n) is 1.54. The summed E-state index contributed by atoms with van der Waals surface area (Å²) in [4.78, 5) is 11.3. The third-order valence-corrected chi connectivity index (χ3v) is 2.33. The number of methoxy groups -OCH3 is 1. The van der Waals surface area contributed by atoms with Gasteiger partial charge in [-0.1, -0.05) is 39.5 Å². The summed E-state index contributed by atoms with van der Waals surface area (Å²) in [5, 5.41) is 0. The molecule has 1 unspecified atom stereocenters. The first-order chi connectivity index (χ1) is 6.26. The molecule has 0 aliphatic rings. The number of ether oxygens (including phenoxy) is 1. The van der Waals surface area contributed by atoms with Gasteiger partial charge in [-0.2, -0.15) is 0 Å². The van der Waals surface area contributed by atoms with E-state index in [4.69, 9.17) is 4.74 Å². The van der Waals surface area contributed by atoms with Gasteiger partial charge in [0.25, 0.3) is 0 Å². The Hall–Kier alpha value is -0.530. The molecule has 0 bridgehead atoms. The summed E-state index contributed by atoms with van der Waals surface area (Å²) in [6, 6.07) is 0. The summed E-state index contributed by atoms with van der Waals surface area (Å²) < 4.78 is 4.76. The van der Waals surface area contributed by atoms with E-state index < -0.39 is 0 Å². The summed E-state index contributed by atoms with van der Waals surface area (Å²) in [6.45, 7) is 4.28. The summed E-state index contributed by atoms with van der Waals surface area (Å²) in [5.41, 5.74) is 0. The van der Waals surface area contributed by atoms with Crippen LogP contribution in [0.15, 0.2) is 0 Å². The second kappa shape index (κ2) is 8.09. The van der Waals surface area contributed by atoms with E-state index in [1.165, 1.54) is 20.0 Å². The van der Waals surface area contributed by atoms with Gasteiger partial charge in [0.05, 0.1) is 13.0 Å². The van der Waals surface area contributed by atoms with Crippen LogP contribution < -0.4 is 0 Å². The lowest BCUT2D eigenvalue weighted by molar-refractivity contribution is -0.146. The zero-order chi connectivity index (χ0) is 10.1. The molecule has 2 nitrogen and oxygen atoms in total. The molecule has 0 aliphatic heterocycles. The molecule has 0 aliphatic carbocycles. The Labute approximate surface area is 81.7 Å². The SMILES string of the molecule is CCCCCC(CCC)C(=O)OC. The zero-order valence-corrected chi connectivity index (χ0v) is 9.14. The van der Waals surface area contributed by atoms with E-state index in [0.29, 0.717) is 0 Å². The van der Waals surface area contributed by atoms with Crippen LogP contribution in [0.5, 0.6) is 0 Å². The highest BCUT2D eigenvalue weighted by atomic mass is 16.5. The second-order valence-electron chi connectivity index (χ2n) is 3.50. The van der Waals surface area contributed by atoms with Crippen LogP contribution in [0.25, 0.3) is 0 Å². The van der Waals surface area contributed by atoms with Crippen molar-refractivity contribution in [1.29, 1.82) is 0 Å². The van der Waals surface area contributed by atoms with Crippen LogP contribution in [0.4, 0.5) is 0 Å². The molecule has 1 atom stereocenters. The average molecular weight is 186 g/mol. The Morgan fingerprint density at radius 2 is 1.85 bits per heavy atom. The van der Waals surface area contributed by atoms with E-state index >= 15 is 0 Å². The monoisotopic (exact) mass is 186 g/mol. The number of hydrogen-bond acceptors (Lipinski definition) is 2. The Balaban J connectivity index is 3.73. The standard InChI is InChI=1S/C11H22O2/c1-4-6-7-9-10(8-5-2)11(12)13-3/h10H,4-9H2,1-3H3. The molecular formula is C11H22O2. The Morgan fingerprint density at radius 1 is 1.15 bits per heavy atom. The van der Waals surface area contributed by atoms with E-state index in [2.05, 4.69) is 13.8 Å². The van der Waals surface area contributed by atoms with Crippen molar-refractivity contribution < 1.29 is 9.53 Å². The molecule has 0 spiro atoms. The van der Waals surface area contributed by atoms with Crippen molar-refractivity contribution in [3.05, 3.63) is 0 Å². The van der Waals surface area contributed by atoms with Gasteiger partial charge in [0.15, 0.2) is 0 Å². The van der Waals surface area contributed by atoms with Gasteiger partial charge in [-0.05, 0) is 12.8 Å². The first kappa shape index (κ1) is 12.5. The first-order valence-electron chi connectivity index (χ1n) is 5.34. The quantitative estimate of drug-likeness (QED) is 0.451. The summed E-state index contributed by atoms with van der Waals surface area (Å²) in [7, 11) is 1.48.